The molecular weight excluding hydrogens is 310 g/mol. The highest BCUT2D eigenvalue weighted by Gasteiger charge is 1.99. The molecule has 2 heteroatoms. The molecule has 1 aromatic heterocycles. The Bertz CT molecular complexity index is 325. The van der Waals surface area contributed by atoms with Gasteiger partial charge in [0.1, 0.15) is 6.54 Å². The first-order valence-corrected chi connectivity index (χ1v) is 8.28. The summed E-state index contributed by atoms with van der Waals surface area (Å²) in [7, 11) is 0. The van der Waals surface area contributed by atoms with Crippen LogP contribution in [0.15, 0.2) is 24.5 Å². The number of pyridine rings is 1. The van der Waals surface area contributed by atoms with Gasteiger partial charge in [-0.2, -0.15) is 0 Å². The fraction of sp³-hybridized carbons (Fsp3) is 0.722. The van der Waals surface area contributed by atoms with Gasteiger partial charge in [0.05, 0.1) is 0 Å². The predicted molar refractivity (Wildman–Crippen MR) is 83.2 cm³/mol. The average molecular weight is 342 g/mol. The van der Waals surface area contributed by atoms with Crippen LogP contribution in [0.25, 0.3) is 0 Å². The van der Waals surface area contributed by atoms with E-state index in [-0.39, 0.29) is 17.0 Å². The molecule has 0 fully saturated rings. The van der Waals surface area contributed by atoms with E-state index >= 15 is 0 Å². The maximum atomic E-state index is 2.32. The molecule has 1 aromatic rings. The second kappa shape index (κ2) is 13.6. The third kappa shape index (κ3) is 10.4. The van der Waals surface area contributed by atoms with E-state index in [9.17, 15) is 0 Å². The van der Waals surface area contributed by atoms with E-state index in [1.54, 1.807) is 0 Å². The normalized spacial score (nSPS) is 10.3. The van der Waals surface area contributed by atoms with Gasteiger partial charge in [-0.3, -0.25) is 0 Å². The summed E-state index contributed by atoms with van der Waals surface area (Å²) in [6.07, 6.45) is 18.6. The third-order valence-corrected chi connectivity index (χ3v) is 3.78. The van der Waals surface area contributed by atoms with E-state index in [4.69, 9.17) is 0 Å². The molecule has 1 nitrogen and oxygen atoms in total. The summed E-state index contributed by atoms with van der Waals surface area (Å²) in [5, 5.41) is 0. The van der Waals surface area contributed by atoms with Crippen molar-refractivity contribution >= 4 is 0 Å². The van der Waals surface area contributed by atoms with Crippen LogP contribution in [-0.4, -0.2) is 0 Å². The topological polar surface area (TPSA) is 3.88 Å². The van der Waals surface area contributed by atoms with Crippen LogP contribution in [0, 0.1) is 6.92 Å². The largest absolute Gasteiger partial charge is 1.00 e. The summed E-state index contributed by atoms with van der Waals surface area (Å²) < 4.78 is 2.32. The number of unbranched alkanes of at least 4 members (excludes halogenated alkanes) is 9. The van der Waals surface area contributed by atoms with Crippen LogP contribution < -0.4 is 21.5 Å². The van der Waals surface area contributed by atoms with Gasteiger partial charge < -0.3 is 17.0 Å². The quantitative estimate of drug-likeness (QED) is 0.429. The zero-order valence-electron chi connectivity index (χ0n) is 13.4. The Hall–Kier alpha value is -0.370. The number of aryl methyl sites for hydroxylation is 2. The molecule has 0 saturated heterocycles. The second-order valence-corrected chi connectivity index (χ2v) is 5.80. The molecule has 116 valence electrons. The highest BCUT2D eigenvalue weighted by atomic mass is 79.9. The van der Waals surface area contributed by atoms with E-state index in [1.165, 1.54) is 76.3 Å². The zero-order chi connectivity index (χ0) is 13.8. The molecule has 0 spiro atoms. The lowest BCUT2D eigenvalue weighted by Crippen LogP contribution is -3.00. The summed E-state index contributed by atoms with van der Waals surface area (Å²) in [4.78, 5) is 0. The molecule has 0 unspecified atom stereocenters. The monoisotopic (exact) mass is 341 g/mol. The molecule has 20 heavy (non-hydrogen) atoms. The van der Waals surface area contributed by atoms with Gasteiger partial charge in [-0.25, -0.2) is 4.57 Å². The Kier molecular flexibility index (Phi) is 13.4. The molecule has 0 aliphatic rings. The van der Waals surface area contributed by atoms with Crippen molar-refractivity contribution in [2.24, 2.45) is 0 Å². The summed E-state index contributed by atoms with van der Waals surface area (Å²) in [5.41, 5.74) is 1.36. The van der Waals surface area contributed by atoms with E-state index in [0.717, 1.165) is 0 Å². The molecule has 0 amide bonds. The van der Waals surface area contributed by atoms with Crippen LogP contribution in [0.2, 0.25) is 0 Å². The fourth-order valence-corrected chi connectivity index (χ4v) is 2.57. The molecule has 0 radical (unpaired) electrons. The van der Waals surface area contributed by atoms with Gasteiger partial charge >= 0.3 is 0 Å². The van der Waals surface area contributed by atoms with E-state index < -0.39 is 0 Å². The molecule has 0 saturated carbocycles. The molecule has 0 N–H and O–H groups in total. The first-order valence-electron chi connectivity index (χ1n) is 8.28. The van der Waals surface area contributed by atoms with E-state index in [0.29, 0.717) is 0 Å². The van der Waals surface area contributed by atoms with Gasteiger partial charge in [-0.1, -0.05) is 58.3 Å². The number of aromatic nitrogens is 1. The standard InChI is InChI=1S/C18H32N.BrH/c1-3-4-5-6-7-8-9-10-11-12-15-19-16-13-14-18(2)17-19;/h13-14,16-17H,3-12,15H2,1-2H3;1H/q+1;/p-1. The molecule has 0 aliphatic carbocycles. The average Bonchev–Trinajstić information content (AvgIpc) is 2.41. The van der Waals surface area contributed by atoms with Crippen molar-refractivity contribution in [3.8, 4) is 0 Å². The van der Waals surface area contributed by atoms with Crippen LogP contribution in [-0.2, 0) is 6.54 Å². The second-order valence-electron chi connectivity index (χ2n) is 5.80. The maximum Gasteiger partial charge on any atom is 0.171 e. The van der Waals surface area contributed by atoms with Crippen molar-refractivity contribution in [1.82, 2.24) is 0 Å². The first-order chi connectivity index (χ1) is 9.33. The third-order valence-electron chi connectivity index (χ3n) is 3.78. The van der Waals surface area contributed by atoms with Crippen molar-refractivity contribution in [2.45, 2.75) is 84.6 Å². The lowest BCUT2D eigenvalue weighted by molar-refractivity contribution is -0.697. The first kappa shape index (κ1) is 19.6. The number of nitrogens with zero attached hydrogens (tertiary/aromatic N) is 1. The Morgan fingerprint density at radius 2 is 1.40 bits per heavy atom. The smallest absolute Gasteiger partial charge is 0.171 e. The lowest BCUT2D eigenvalue weighted by Gasteiger charge is -2.01. The van der Waals surface area contributed by atoms with Crippen LogP contribution >= 0.6 is 0 Å². The molecular formula is C18H32BrN. The summed E-state index contributed by atoms with van der Waals surface area (Å²) in [5.74, 6) is 0. The Morgan fingerprint density at radius 3 is 1.95 bits per heavy atom. The molecule has 0 bridgehead atoms. The zero-order valence-corrected chi connectivity index (χ0v) is 15.0. The SMILES string of the molecule is CCCCCCCCCCCC[n+]1cccc(C)c1.[Br-]. The van der Waals surface area contributed by atoms with Gasteiger partial charge in [-0.05, 0) is 19.4 Å². The molecule has 0 aliphatic heterocycles. The summed E-state index contributed by atoms with van der Waals surface area (Å²) in [6, 6.07) is 4.31. The van der Waals surface area contributed by atoms with Crippen molar-refractivity contribution in [1.29, 1.82) is 0 Å². The minimum absolute atomic E-state index is 0. The molecule has 1 heterocycles. The summed E-state index contributed by atoms with van der Waals surface area (Å²) >= 11 is 0. The van der Waals surface area contributed by atoms with Crippen LogP contribution in [0.5, 0.6) is 0 Å². The van der Waals surface area contributed by atoms with Crippen molar-refractivity contribution in [3.05, 3.63) is 30.1 Å². The van der Waals surface area contributed by atoms with E-state index in [2.05, 4.69) is 42.9 Å². The van der Waals surface area contributed by atoms with Gasteiger partial charge in [0.2, 0.25) is 0 Å². The van der Waals surface area contributed by atoms with Crippen molar-refractivity contribution < 1.29 is 21.5 Å². The fourth-order valence-electron chi connectivity index (χ4n) is 2.57. The summed E-state index contributed by atoms with van der Waals surface area (Å²) in [6.45, 7) is 5.62. The van der Waals surface area contributed by atoms with E-state index in [1.807, 2.05) is 0 Å². The highest BCUT2D eigenvalue weighted by Crippen LogP contribution is 2.10. The van der Waals surface area contributed by atoms with Gasteiger partial charge in [0.25, 0.3) is 0 Å². The molecule has 0 aromatic carbocycles. The van der Waals surface area contributed by atoms with Crippen molar-refractivity contribution in [2.75, 3.05) is 0 Å². The molecule has 0 atom stereocenters. The highest BCUT2D eigenvalue weighted by molar-refractivity contribution is 5.01. The minimum atomic E-state index is 0. The number of rotatable bonds is 11. The Balaban J connectivity index is 0.00000361. The van der Waals surface area contributed by atoms with Gasteiger partial charge in [-0.15, -0.1) is 0 Å². The number of halogens is 1. The Morgan fingerprint density at radius 1 is 0.850 bits per heavy atom. The lowest BCUT2D eigenvalue weighted by atomic mass is 10.1. The van der Waals surface area contributed by atoms with Crippen LogP contribution in [0.1, 0.15) is 76.7 Å². The predicted octanol–water partition coefficient (Wildman–Crippen LogP) is 2.21. The molecule has 1 rings (SSSR count). The van der Waals surface area contributed by atoms with Crippen LogP contribution in [0.4, 0.5) is 0 Å². The van der Waals surface area contributed by atoms with Crippen LogP contribution in [0.3, 0.4) is 0 Å². The minimum Gasteiger partial charge on any atom is -1.00 e. The number of hydrogen-bond acceptors (Lipinski definition) is 0. The Labute approximate surface area is 136 Å². The van der Waals surface area contributed by atoms with Gasteiger partial charge in [0.15, 0.2) is 12.4 Å². The van der Waals surface area contributed by atoms with Crippen molar-refractivity contribution in [3.63, 3.8) is 0 Å². The number of hydrogen-bond donors (Lipinski definition) is 0. The van der Waals surface area contributed by atoms with Gasteiger partial charge in [0, 0.05) is 18.1 Å². The maximum absolute atomic E-state index is 2.32.